The zero-order chi connectivity index (χ0) is 27.7. The van der Waals surface area contributed by atoms with E-state index in [9.17, 15) is 9.59 Å². The molecule has 0 aliphatic carbocycles. The van der Waals surface area contributed by atoms with Crippen LogP contribution in [0.25, 0.3) is 23.5 Å². The highest BCUT2D eigenvalue weighted by Gasteiger charge is 2.54. The number of benzene rings is 4. The van der Waals surface area contributed by atoms with Crippen molar-refractivity contribution in [1.82, 2.24) is 9.38 Å². The first kappa shape index (κ1) is 25.3. The summed E-state index contributed by atoms with van der Waals surface area (Å²) in [5.41, 5.74) is 6.42. The summed E-state index contributed by atoms with van der Waals surface area (Å²) in [6.07, 6.45) is 1.93. The number of nitrogens with zero attached hydrogens (tertiary/aromatic N) is 2. The summed E-state index contributed by atoms with van der Waals surface area (Å²) in [5, 5.41) is 0. The van der Waals surface area contributed by atoms with Gasteiger partial charge in [0.1, 0.15) is 0 Å². The number of carbonyl (C=O) groups is 2. The third-order valence-electron chi connectivity index (χ3n) is 7.35. The van der Waals surface area contributed by atoms with Gasteiger partial charge in [-0.05, 0) is 31.2 Å². The molecule has 0 saturated carbocycles. The molecule has 0 aromatic heterocycles. The van der Waals surface area contributed by atoms with Gasteiger partial charge in [0, 0.05) is 41.3 Å². The predicted molar refractivity (Wildman–Crippen MR) is 158 cm³/mol. The first-order valence-electron chi connectivity index (χ1n) is 13.4. The predicted octanol–water partition coefficient (Wildman–Crippen LogP) is 8.29. The highest BCUT2D eigenvalue weighted by Crippen LogP contribution is 2.50. The molecule has 6 nitrogen and oxygen atoms in total. The smallest absolute Gasteiger partial charge is 0.420 e. The van der Waals surface area contributed by atoms with Gasteiger partial charge in [0.2, 0.25) is 0 Å². The summed E-state index contributed by atoms with van der Waals surface area (Å²) in [7, 11) is 0. The van der Waals surface area contributed by atoms with Gasteiger partial charge >= 0.3 is 12.2 Å². The van der Waals surface area contributed by atoms with Crippen molar-refractivity contribution in [3.63, 3.8) is 0 Å². The first-order valence-corrected chi connectivity index (χ1v) is 13.4. The summed E-state index contributed by atoms with van der Waals surface area (Å²) in [6, 6.07) is 34.8. The lowest BCUT2D eigenvalue weighted by Crippen LogP contribution is -2.58. The van der Waals surface area contributed by atoms with Crippen LogP contribution in [0.1, 0.15) is 36.1 Å². The standard InChI is InChI=1S/C34H29N2O4/c1-3-39-34(38)36(29-20-12-10-14-25(29)22-23-26-15-11-13-21-30(26)36)24(2)40-33(37)35-31(27-16-6-4-7-17-27)32(35)28-18-8-5-9-19-28/h4-24H,3H2,1-2H3/q+1. The average molecular weight is 530 g/mol. The van der Waals surface area contributed by atoms with Gasteiger partial charge in [0.05, 0.1) is 18.0 Å². The molecule has 0 saturated heterocycles. The number of rotatable bonds is 5. The van der Waals surface area contributed by atoms with Crippen LogP contribution in [-0.4, -0.2) is 29.9 Å². The van der Waals surface area contributed by atoms with Gasteiger partial charge in [0.15, 0.2) is 11.4 Å². The maximum atomic E-state index is 14.1. The number of carbonyl (C=O) groups excluding carboxylic acids is 2. The molecule has 1 unspecified atom stereocenters. The lowest BCUT2D eigenvalue weighted by Gasteiger charge is -2.38. The quantitative estimate of drug-likeness (QED) is 0.244. The number of fused-ring (bicyclic) bond motifs is 2. The van der Waals surface area contributed by atoms with Gasteiger partial charge in [-0.2, -0.15) is 4.79 Å². The van der Waals surface area contributed by atoms with Crippen LogP contribution in [0.5, 0.6) is 0 Å². The molecule has 4 aromatic rings. The van der Waals surface area contributed by atoms with Crippen LogP contribution < -0.4 is 4.48 Å². The summed E-state index contributed by atoms with van der Waals surface area (Å²) in [4.78, 5) is 29.6. The van der Waals surface area contributed by atoms with Gasteiger partial charge in [-0.25, -0.2) is 9.69 Å². The molecule has 1 atom stereocenters. The fourth-order valence-electron chi connectivity index (χ4n) is 5.52. The van der Waals surface area contributed by atoms with E-state index in [1.54, 1.807) is 18.7 Å². The molecule has 40 heavy (non-hydrogen) atoms. The normalized spacial score (nSPS) is 15.4. The monoisotopic (exact) mass is 529 g/mol. The number of quaternary nitrogens is 1. The van der Waals surface area contributed by atoms with E-state index in [2.05, 4.69) is 0 Å². The van der Waals surface area contributed by atoms with Crippen LogP contribution in [0.2, 0.25) is 0 Å². The molecule has 0 spiro atoms. The highest BCUT2D eigenvalue weighted by molar-refractivity contribution is 6.14. The molecule has 4 aromatic carbocycles. The van der Waals surface area contributed by atoms with Gasteiger partial charge in [-0.3, -0.25) is 0 Å². The summed E-state index contributed by atoms with van der Waals surface area (Å²) >= 11 is 0. The average Bonchev–Trinajstić information content (AvgIpc) is 3.77. The maximum absolute atomic E-state index is 14.1. The molecule has 2 aliphatic rings. The fourth-order valence-corrected chi connectivity index (χ4v) is 5.52. The Morgan fingerprint density at radius 3 is 1.62 bits per heavy atom. The van der Waals surface area contributed by atoms with Crippen molar-refractivity contribution in [2.45, 2.75) is 20.1 Å². The van der Waals surface area contributed by atoms with Gasteiger partial charge in [-0.15, -0.1) is 4.48 Å². The Hall–Kier alpha value is -4.94. The summed E-state index contributed by atoms with van der Waals surface area (Å²) < 4.78 is 11.5. The molecule has 198 valence electrons. The minimum absolute atomic E-state index is 0.182. The van der Waals surface area contributed by atoms with E-state index in [0.29, 0.717) is 11.4 Å². The van der Waals surface area contributed by atoms with Crippen molar-refractivity contribution in [2.24, 2.45) is 0 Å². The Morgan fingerprint density at radius 1 is 0.700 bits per heavy atom. The van der Waals surface area contributed by atoms with Crippen LogP contribution in [0.3, 0.4) is 0 Å². The Balaban J connectivity index is 1.43. The zero-order valence-electron chi connectivity index (χ0n) is 22.4. The second kappa shape index (κ2) is 10.3. The lowest BCUT2D eigenvalue weighted by atomic mass is 10.1. The molecule has 0 bridgehead atoms. The highest BCUT2D eigenvalue weighted by atomic mass is 16.6. The molecular formula is C34H29N2O4+. The van der Waals surface area contributed by atoms with Crippen molar-refractivity contribution in [2.75, 3.05) is 6.61 Å². The topological polar surface area (TPSA) is 55.6 Å². The molecule has 6 rings (SSSR count). The van der Waals surface area contributed by atoms with E-state index in [0.717, 1.165) is 33.6 Å². The molecular weight excluding hydrogens is 500 g/mol. The molecule has 0 radical (unpaired) electrons. The summed E-state index contributed by atoms with van der Waals surface area (Å²) in [6.45, 7) is 3.71. The first-order chi connectivity index (χ1) is 19.6. The minimum Gasteiger partial charge on any atom is -0.420 e. The number of hydrogen-bond acceptors (Lipinski definition) is 4. The van der Waals surface area contributed by atoms with Crippen LogP contribution in [0.4, 0.5) is 21.0 Å². The molecule has 2 heterocycles. The number of para-hydroxylation sites is 2. The van der Waals surface area contributed by atoms with Crippen LogP contribution in [-0.2, 0) is 9.47 Å². The minimum atomic E-state index is -0.955. The van der Waals surface area contributed by atoms with E-state index in [1.807, 2.05) is 121 Å². The molecule has 0 fully saturated rings. The number of hydrogen-bond donors (Lipinski definition) is 0. The molecule has 6 heteroatoms. The van der Waals surface area contributed by atoms with E-state index in [-0.39, 0.29) is 6.61 Å². The van der Waals surface area contributed by atoms with E-state index >= 15 is 0 Å². The van der Waals surface area contributed by atoms with Crippen molar-refractivity contribution in [3.8, 4) is 0 Å². The Bertz CT molecular complexity index is 1540. The summed E-state index contributed by atoms with van der Waals surface area (Å²) in [5.74, 6) is 0. The third kappa shape index (κ3) is 4.10. The van der Waals surface area contributed by atoms with E-state index in [4.69, 9.17) is 9.47 Å². The number of amides is 2. The molecule has 0 N–H and O–H groups in total. The second-order valence-electron chi connectivity index (χ2n) is 9.62. The number of ether oxygens (including phenoxy) is 2. The fraction of sp³-hybridized carbons (Fsp3) is 0.118. The van der Waals surface area contributed by atoms with Gasteiger partial charge in [0.25, 0.3) is 6.23 Å². The molecule has 2 aliphatic heterocycles. The molecule has 2 amide bonds. The van der Waals surface area contributed by atoms with Crippen LogP contribution >= 0.6 is 0 Å². The Morgan fingerprint density at radius 2 is 1.15 bits per heavy atom. The maximum Gasteiger partial charge on any atom is 0.529 e. The van der Waals surface area contributed by atoms with Crippen LogP contribution in [0.15, 0.2) is 109 Å². The third-order valence-corrected chi connectivity index (χ3v) is 7.35. The van der Waals surface area contributed by atoms with Crippen molar-refractivity contribution in [3.05, 3.63) is 131 Å². The Kier molecular flexibility index (Phi) is 6.54. The van der Waals surface area contributed by atoms with Crippen molar-refractivity contribution in [1.29, 1.82) is 0 Å². The van der Waals surface area contributed by atoms with Gasteiger partial charge < -0.3 is 9.47 Å². The Labute approximate surface area is 233 Å². The van der Waals surface area contributed by atoms with E-state index in [1.165, 1.54) is 0 Å². The largest absolute Gasteiger partial charge is 0.529 e. The lowest BCUT2D eigenvalue weighted by molar-refractivity contribution is 0.0209. The second-order valence-corrected chi connectivity index (χ2v) is 9.62. The van der Waals surface area contributed by atoms with Crippen molar-refractivity contribution >= 4 is 47.1 Å². The zero-order valence-corrected chi connectivity index (χ0v) is 22.4. The SMILES string of the molecule is CCOC(=O)[N+]1(C(C)OC(=O)N2C(c3ccccc3)=C2c2ccccc2)c2ccccc2C=Cc2ccccc21. The van der Waals surface area contributed by atoms with Crippen molar-refractivity contribution < 1.29 is 19.1 Å². The van der Waals surface area contributed by atoms with Crippen LogP contribution in [0, 0.1) is 0 Å². The van der Waals surface area contributed by atoms with Gasteiger partial charge in [-0.1, -0.05) is 84.9 Å². The van der Waals surface area contributed by atoms with E-state index < -0.39 is 22.9 Å².